The molecule has 0 fully saturated rings. The van der Waals surface area contributed by atoms with E-state index in [1.54, 1.807) is 0 Å². The van der Waals surface area contributed by atoms with Crippen molar-refractivity contribution in [2.75, 3.05) is 42.3 Å². The predicted octanol–water partition coefficient (Wildman–Crippen LogP) is 3.39. The highest BCUT2D eigenvalue weighted by Crippen LogP contribution is 2.12. The number of ether oxygens (including phenoxy) is 1. The summed E-state index contributed by atoms with van der Waals surface area (Å²) in [5.41, 5.74) is 0. The molecular weight excluding hydrogens is 284 g/mol. The highest BCUT2D eigenvalue weighted by Gasteiger charge is 2.04. The van der Waals surface area contributed by atoms with Crippen molar-refractivity contribution in [3.05, 3.63) is 11.9 Å². The fraction of sp³-hybridized carbons (Fsp3) is 0.733. The second-order valence-corrected chi connectivity index (χ2v) is 5.73. The molecule has 1 heterocycles. The fourth-order valence-corrected chi connectivity index (χ4v) is 2.27. The highest BCUT2D eigenvalue weighted by molar-refractivity contribution is 7.98. The number of unbranched alkanes of at least 4 members (excludes halogenated alkanes) is 1. The van der Waals surface area contributed by atoms with Gasteiger partial charge in [-0.15, -0.1) is 0 Å². The van der Waals surface area contributed by atoms with Gasteiger partial charge in [-0.05, 0) is 38.2 Å². The molecule has 0 spiro atoms. The standard InChI is InChI=1S/C15H28N4OS/c1-4-8-16-13-11-14(17-9-6-7-10-21-3)19-15(18-13)12-20-5-2/h11H,4-10,12H2,1-3H3,(H2,16,17,18,19). The van der Waals surface area contributed by atoms with Crippen LogP contribution in [0.5, 0.6) is 0 Å². The third-order valence-electron chi connectivity index (χ3n) is 2.85. The first-order chi connectivity index (χ1) is 10.3. The van der Waals surface area contributed by atoms with Crippen molar-refractivity contribution in [1.82, 2.24) is 9.97 Å². The molecule has 120 valence electrons. The Kier molecular flexibility index (Phi) is 9.99. The maximum atomic E-state index is 5.41. The number of hydrogen-bond acceptors (Lipinski definition) is 6. The average molecular weight is 312 g/mol. The molecule has 1 rings (SSSR count). The van der Waals surface area contributed by atoms with Gasteiger partial charge in [0.1, 0.15) is 18.2 Å². The average Bonchev–Trinajstić information content (AvgIpc) is 2.50. The molecule has 6 heteroatoms. The molecule has 2 N–H and O–H groups in total. The van der Waals surface area contributed by atoms with Gasteiger partial charge in [0.25, 0.3) is 0 Å². The van der Waals surface area contributed by atoms with E-state index in [2.05, 4.69) is 33.8 Å². The van der Waals surface area contributed by atoms with Crippen LogP contribution in [-0.4, -0.2) is 41.7 Å². The van der Waals surface area contributed by atoms with Crippen molar-refractivity contribution in [2.24, 2.45) is 0 Å². The minimum absolute atomic E-state index is 0.458. The molecule has 0 saturated heterocycles. The van der Waals surface area contributed by atoms with Gasteiger partial charge >= 0.3 is 0 Å². The van der Waals surface area contributed by atoms with Gasteiger partial charge in [-0.25, -0.2) is 9.97 Å². The van der Waals surface area contributed by atoms with Crippen molar-refractivity contribution in [1.29, 1.82) is 0 Å². The number of anilines is 2. The Morgan fingerprint density at radius 1 is 1.10 bits per heavy atom. The van der Waals surface area contributed by atoms with Crippen molar-refractivity contribution < 1.29 is 4.74 Å². The van der Waals surface area contributed by atoms with Crippen molar-refractivity contribution in [3.63, 3.8) is 0 Å². The van der Waals surface area contributed by atoms with Crippen LogP contribution < -0.4 is 10.6 Å². The summed E-state index contributed by atoms with van der Waals surface area (Å²) >= 11 is 1.89. The first-order valence-corrected chi connectivity index (χ1v) is 9.11. The van der Waals surface area contributed by atoms with Crippen LogP contribution in [-0.2, 0) is 11.3 Å². The fourth-order valence-electron chi connectivity index (χ4n) is 1.78. The lowest BCUT2D eigenvalue weighted by molar-refractivity contribution is 0.128. The normalized spacial score (nSPS) is 10.6. The van der Waals surface area contributed by atoms with Gasteiger partial charge in [-0.1, -0.05) is 6.92 Å². The minimum atomic E-state index is 0.458. The zero-order valence-corrected chi connectivity index (χ0v) is 14.3. The maximum Gasteiger partial charge on any atom is 0.158 e. The molecule has 1 aromatic rings. The van der Waals surface area contributed by atoms with E-state index < -0.39 is 0 Å². The summed E-state index contributed by atoms with van der Waals surface area (Å²) in [5, 5.41) is 6.69. The Bertz CT molecular complexity index is 364. The van der Waals surface area contributed by atoms with E-state index in [0.29, 0.717) is 13.2 Å². The number of nitrogens with zero attached hydrogens (tertiary/aromatic N) is 2. The second-order valence-electron chi connectivity index (χ2n) is 4.75. The number of nitrogens with one attached hydrogen (secondary N) is 2. The molecular formula is C15H28N4OS. The monoisotopic (exact) mass is 312 g/mol. The Morgan fingerprint density at radius 2 is 1.81 bits per heavy atom. The molecule has 0 radical (unpaired) electrons. The van der Waals surface area contributed by atoms with Crippen LogP contribution in [0.25, 0.3) is 0 Å². The lowest BCUT2D eigenvalue weighted by Crippen LogP contribution is -2.10. The smallest absolute Gasteiger partial charge is 0.158 e. The van der Waals surface area contributed by atoms with Gasteiger partial charge < -0.3 is 15.4 Å². The molecule has 21 heavy (non-hydrogen) atoms. The van der Waals surface area contributed by atoms with Crippen LogP contribution in [0, 0.1) is 0 Å². The summed E-state index contributed by atoms with van der Waals surface area (Å²) in [6.45, 7) is 7.11. The number of rotatable bonds is 12. The van der Waals surface area contributed by atoms with E-state index in [9.17, 15) is 0 Å². The SMILES string of the molecule is CCCNc1cc(NCCCCSC)nc(COCC)n1. The van der Waals surface area contributed by atoms with Crippen LogP contribution in [0.2, 0.25) is 0 Å². The van der Waals surface area contributed by atoms with Gasteiger partial charge in [0.2, 0.25) is 0 Å². The summed E-state index contributed by atoms with van der Waals surface area (Å²) in [4.78, 5) is 8.98. The lowest BCUT2D eigenvalue weighted by Gasteiger charge is -2.11. The third kappa shape index (κ3) is 8.12. The quantitative estimate of drug-likeness (QED) is 0.577. The van der Waals surface area contributed by atoms with Gasteiger partial charge in [-0.3, -0.25) is 0 Å². The molecule has 0 bridgehead atoms. The first kappa shape index (κ1) is 18.0. The molecule has 0 aliphatic heterocycles. The second kappa shape index (κ2) is 11.6. The summed E-state index contributed by atoms with van der Waals surface area (Å²) in [6, 6.07) is 1.97. The molecule has 0 aliphatic rings. The Morgan fingerprint density at radius 3 is 2.43 bits per heavy atom. The largest absolute Gasteiger partial charge is 0.374 e. The van der Waals surface area contributed by atoms with Crippen LogP contribution >= 0.6 is 11.8 Å². The number of thioether (sulfide) groups is 1. The van der Waals surface area contributed by atoms with Gasteiger partial charge in [0.15, 0.2) is 5.82 Å². The van der Waals surface area contributed by atoms with E-state index >= 15 is 0 Å². The Hall–Kier alpha value is -1.01. The topological polar surface area (TPSA) is 59.1 Å². The van der Waals surface area contributed by atoms with Crippen LogP contribution in [0.15, 0.2) is 6.07 Å². The predicted molar refractivity (Wildman–Crippen MR) is 92.2 cm³/mol. The van der Waals surface area contributed by atoms with Crippen LogP contribution in [0.1, 0.15) is 38.9 Å². The zero-order valence-electron chi connectivity index (χ0n) is 13.4. The van der Waals surface area contributed by atoms with Gasteiger partial charge in [0, 0.05) is 25.8 Å². The molecule has 5 nitrogen and oxygen atoms in total. The van der Waals surface area contributed by atoms with E-state index in [1.165, 1.54) is 12.2 Å². The van der Waals surface area contributed by atoms with Crippen molar-refractivity contribution >= 4 is 23.4 Å². The number of aromatic nitrogens is 2. The van der Waals surface area contributed by atoms with Crippen LogP contribution in [0.4, 0.5) is 11.6 Å². The third-order valence-corrected chi connectivity index (χ3v) is 3.54. The molecule has 0 aromatic carbocycles. The zero-order chi connectivity index (χ0) is 15.3. The first-order valence-electron chi connectivity index (χ1n) is 7.72. The van der Waals surface area contributed by atoms with Gasteiger partial charge in [-0.2, -0.15) is 11.8 Å². The maximum absolute atomic E-state index is 5.41. The molecule has 0 aliphatic carbocycles. The summed E-state index contributed by atoms with van der Waals surface area (Å²) < 4.78 is 5.41. The molecule has 0 atom stereocenters. The summed E-state index contributed by atoms with van der Waals surface area (Å²) in [7, 11) is 0. The molecule has 0 amide bonds. The van der Waals surface area contributed by atoms with E-state index in [-0.39, 0.29) is 0 Å². The lowest BCUT2D eigenvalue weighted by atomic mass is 10.3. The molecule has 0 saturated carbocycles. The van der Waals surface area contributed by atoms with E-state index in [1.807, 2.05) is 24.8 Å². The van der Waals surface area contributed by atoms with Crippen molar-refractivity contribution in [3.8, 4) is 0 Å². The number of hydrogen-bond donors (Lipinski definition) is 2. The highest BCUT2D eigenvalue weighted by atomic mass is 32.2. The Labute approximate surface area is 132 Å². The van der Waals surface area contributed by atoms with Gasteiger partial charge in [0.05, 0.1) is 0 Å². The minimum Gasteiger partial charge on any atom is -0.374 e. The summed E-state index contributed by atoms with van der Waals surface area (Å²) in [6.07, 6.45) is 5.60. The Balaban J connectivity index is 2.57. The molecule has 1 aromatic heterocycles. The molecule has 0 unspecified atom stereocenters. The summed E-state index contributed by atoms with van der Waals surface area (Å²) in [5.74, 6) is 3.69. The van der Waals surface area contributed by atoms with Crippen molar-refractivity contribution in [2.45, 2.75) is 39.7 Å². The van der Waals surface area contributed by atoms with E-state index in [0.717, 1.165) is 43.4 Å². The van der Waals surface area contributed by atoms with Crippen LogP contribution in [0.3, 0.4) is 0 Å². The van der Waals surface area contributed by atoms with E-state index in [4.69, 9.17) is 4.74 Å².